The Kier molecular flexibility index (Phi) is 37.6. The van der Waals surface area contributed by atoms with Gasteiger partial charge in [-0.2, -0.15) is 40.2 Å². The summed E-state index contributed by atoms with van der Waals surface area (Å²) in [5, 5.41) is 17.7. The Hall–Kier alpha value is -8.75. The largest absolute Gasteiger partial charge is 0.0622 e. The Bertz CT molecular complexity index is 6140. The van der Waals surface area contributed by atoms with E-state index in [9.17, 15) is 5.26 Å². The molecule has 26 heteroatoms. The van der Waals surface area contributed by atoms with E-state index in [1.54, 1.807) is 32.5 Å². The summed E-state index contributed by atoms with van der Waals surface area (Å²) >= 11 is 14.6. The molecule has 0 radical (unpaired) electrons. The van der Waals surface area contributed by atoms with E-state index in [0.29, 0.717) is 11.3 Å². The van der Waals surface area contributed by atoms with Gasteiger partial charge in [0, 0.05) is 30.6 Å². The Labute approximate surface area is 793 Å². The molecule has 0 spiro atoms. The van der Waals surface area contributed by atoms with Gasteiger partial charge in [0.1, 0.15) is 44.8 Å². The zero-order chi connectivity index (χ0) is 86.8. The summed E-state index contributed by atoms with van der Waals surface area (Å²) in [6, 6.07) is 103. The van der Waals surface area contributed by atoms with Crippen molar-refractivity contribution in [1.29, 1.82) is 5.26 Å². The molecule has 0 atom stereocenters. The first-order valence-electron chi connectivity index (χ1n) is 39.4. The van der Waals surface area contributed by atoms with E-state index in [1.807, 2.05) is 66.7 Å². The molecule has 124 heavy (non-hydrogen) atoms. The van der Waals surface area contributed by atoms with Gasteiger partial charge in [-0.25, -0.2) is 4.85 Å². The normalized spacial score (nSPS) is 11.0. The third-order valence-electron chi connectivity index (χ3n) is 19.7. The van der Waals surface area contributed by atoms with Gasteiger partial charge in [0.25, 0.3) is 0 Å². The van der Waals surface area contributed by atoms with Crippen LogP contribution in [0.15, 0.2) is 318 Å². The Morgan fingerprint density at radius 3 is 1.07 bits per heavy atom. The molecule has 0 unspecified atom stereocenters. The van der Waals surface area contributed by atoms with Crippen molar-refractivity contribution in [3.05, 3.63) is 329 Å². The Morgan fingerprint density at radius 1 is 0.419 bits per heavy atom. The van der Waals surface area contributed by atoms with E-state index < -0.39 is 34.2 Å². The van der Waals surface area contributed by atoms with Crippen molar-refractivity contribution in [1.82, 2.24) is 17.5 Å². The molecule has 11 nitrogen and oxygen atoms in total. The average Bonchev–Trinajstić information content (AvgIpc) is 1.57. The van der Waals surface area contributed by atoms with Gasteiger partial charge < -0.3 is 0 Å². The number of thiophene rings is 3. The van der Waals surface area contributed by atoms with Gasteiger partial charge in [0.05, 0.1) is 73.3 Å². The van der Waals surface area contributed by atoms with Gasteiger partial charge in [-0.05, 0) is 152 Å². The fourth-order valence-corrected chi connectivity index (χ4v) is 44.5. The summed E-state index contributed by atoms with van der Waals surface area (Å²) in [4.78, 5) is 12.7. The van der Waals surface area contributed by atoms with Crippen LogP contribution in [-0.4, -0.2) is 35.9 Å². The predicted molar refractivity (Wildman–Crippen MR) is 547 cm³/mol. The van der Waals surface area contributed by atoms with Crippen LogP contribution < -0.4 is 34.7 Å². The molecule has 16 aromatic rings. The molecule has 0 fully saturated rings. The van der Waals surface area contributed by atoms with Gasteiger partial charge in [-0.1, -0.05) is 218 Å². The molecule has 0 aliphatic carbocycles. The van der Waals surface area contributed by atoms with E-state index in [4.69, 9.17) is 56.1 Å². The van der Waals surface area contributed by atoms with Crippen molar-refractivity contribution in [3.8, 4) is 82.5 Å². The number of terminal acetylenes is 1. The Morgan fingerprint density at radius 2 is 0.742 bits per heavy atom. The van der Waals surface area contributed by atoms with Crippen molar-refractivity contribution < 1.29 is 15.9 Å². The van der Waals surface area contributed by atoms with Crippen LogP contribution >= 0.6 is 124 Å². The molecular weight excluding hydrogens is 2070 g/mol. The van der Waals surface area contributed by atoms with Crippen LogP contribution in [0.4, 0.5) is 34.1 Å². The summed E-state index contributed by atoms with van der Waals surface area (Å²) in [6.07, 6.45) is 12.9. The zero-order valence-electron chi connectivity index (χ0n) is 67.7. The van der Waals surface area contributed by atoms with Crippen molar-refractivity contribution >= 4 is 256 Å². The van der Waals surface area contributed by atoms with Crippen LogP contribution in [0.25, 0.3) is 84.0 Å². The number of fused-ring (bicyclic) bond motifs is 4. The first-order valence-corrected chi connectivity index (χ1v) is 60.6. The first-order chi connectivity index (χ1) is 60.9. The second kappa shape index (κ2) is 49.4. The molecule has 2 aliphatic rings. The molecule has 2 aliphatic heterocycles. The van der Waals surface area contributed by atoms with Crippen LogP contribution in [-0.2, 0) is 38.6 Å². The van der Waals surface area contributed by atoms with E-state index in [-0.39, 0.29) is 15.9 Å². The van der Waals surface area contributed by atoms with E-state index in [1.165, 1.54) is 140 Å². The number of halogens is 4. The minimum absolute atomic E-state index is 0.106. The number of aromatic nitrogens is 4. The van der Waals surface area contributed by atoms with E-state index >= 15 is 0 Å². The second-order valence-electron chi connectivity index (χ2n) is 27.6. The van der Waals surface area contributed by atoms with Crippen LogP contribution in [0.5, 0.6) is 0 Å². The molecule has 18 rings (SSSR count). The minimum Gasteiger partial charge on any atom is -0.0622 e. The van der Waals surface area contributed by atoms with Crippen molar-refractivity contribution in [2.75, 3.05) is 0 Å². The van der Waals surface area contributed by atoms with Crippen LogP contribution in [0.3, 0.4) is 0 Å². The maximum Gasteiger partial charge on any atom is -0.0134 e. The maximum atomic E-state index is 9.31. The summed E-state index contributed by atoms with van der Waals surface area (Å²) in [6.45, 7) is 23.3. The third kappa shape index (κ3) is 24.5. The zero-order valence-corrected chi connectivity index (χ0v) is 84.3. The topological polar surface area (TPSA) is 134 Å². The Balaban J connectivity index is 0.000000144. The molecule has 620 valence electrons. The summed E-state index contributed by atoms with van der Waals surface area (Å²) in [7, 11) is 8.74. The molecule has 0 N–H and O–H groups in total. The standard InChI is InChI=1S/C28H12N6S4.2C18H15P.C11H6NS.C6Br2N4S2.C5H4.3C4H9.2ClH.Pd.Sn/c1-30-18-7-3-6-17(13-18)20-9-11-22(36-20)24-27-25(31-37-33-27)23(26-28(24)34-38-32-26)21-10-8-19(35-21)16-5-2-4-15(12-16)14-29;2*1-4-10-16(11-5-1)19(17-12-6-2-7-13-17)18-14-8-3-9-15-18;1-12-10-5-2-4-9(8-10)11-6-3-7-13-11;7-1-3-5(11-13-9-3)2(8)6-4(1)10-14-12-6;1-3-5-4-2;3*1-3-4-2;;;;/h2-13H;2*1-15H;2-6,8H;;1H,2H3;3*1,3-4H2,2H3;2*1H;;/q;;;;;;;;;;;+2;/p-2. The number of unbranched alkanes of at least 4 members (excludes halogenated alkanes) is 3. The number of rotatable bonds is 21. The van der Waals surface area contributed by atoms with E-state index in [0.717, 1.165) is 101 Å². The predicted octanol–water partition coefficient (Wildman–Crippen LogP) is 30.5. The molecule has 7 heterocycles. The second-order valence-corrected chi connectivity index (χ2v) is 55.5. The average molecular weight is 2150 g/mol. The number of nitrogens with zero attached hydrogens (tertiary/aromatic N) is 11. The molecule has 0 saturated carbocycles. The number of hydrogen-bond acceptors (Lipinski definition) is 14. The molecule has 11 aromatic carbocycles. The molecule has 0 saturated heterocycles. The maximum absolute atomic E-state index is 9.31. The summed E-state index contributed by atoms with van der Waals surface area (Å²) in [5.74, 6) is 7.08. The van der Waals surface area contributed by atoms with Crippen LogP contribution in [0, 0.1) is 48.7 Å². The first kappa shape index (κ1) is 94.4. The van der Waals surface area contributed by atoms with Crippen molar-refractivity contribution in [2.45, 2.75) is 79.5 Å². The molecular formula is C98H79Br2Cl2N11P2PdS7Sn. The van der Waals surface area contributed by atoms with Crippen LogP contribution in [0.1, 0.15) is 71.8 Å². The molecule has 0 bridgehead atoms. The van der Waals surface area contributed by atoms with Gasteiger partial charge >= 0.3 is 204 Å². The minimum atomic E-state index is -2.31. The number of hydrogen-bond donors (Lipinski definition) is 0. The van der Waals surface area contributed by atoms with E-state index in [2.05, 4.69) is 339 Å². The van der Waals surface area contributed by atoms with Gasteiger partial charge in [0.2, 0.25) is 0 Å². The fourth-order valence-electron chi connectivity index (χ4n) is 13.9. The van der Waals surface area contributed by atoms with Crippen molar-refractivity contribution in [3.63, 3.8) is 0 Å². The summed E-state index contributed by atoms with van der Waals surface area (Å²) in [5.41, 5.74) is 13.7. The quantitative estimate of drug-likeness (QED) is 0.0306. The SMILES string of the molecule is Brc1c2c(c(Br)c3nsnc13)N=S=N2.C#CC#CC.[C-]#[N+]c1cccc(-c2cc[c]([Sn]([CH2]CCC)([CH2]CCC)[CH2]CCC)s2)c1.[C-]#[N+]c1cccc(-c2ccc(-c3c4c(c(-c5ccc(-c6cccc(C#N)c6)s5)c5nsnc35)N=S=N4)s2)c1.[Cl][Pd][Cl].c1ccc(P(c2ccccc2)c2ccccc2)cc1.c1ccc(P(c2ccccc2)c2ccccc2)cc1. The van der Waals surface area contributed by atoms with Crippen molar-refractivity contribution in [2.24, 2.45) is 17.5 Å². The van der Waals surface area contributed by atoms with Gasteiger partial charge in [-0.15, -0.1) is 29.1 Å². The molecule has 0 amide bonds. The number of nitriles is 1. The fraction of sp³-hybridized carbons (Fsp3) is 0.133. The monoisotopic (exact) mass is 2150 g/mol. The number of benzene rings is 11. The summed E-state index contributed by atoms with van der Waals surface area (Å²) < 4.78 is 43.7. The third-order valence-corrected chi connectivity index (χ3v) is 49.9. The smallest absolute Gasteiger partial charge is 0.0134 e. The van der Waals surface area contributed by atoms with Gasteiger partial charge in [0.15, 0.2) is 5.69 Å². The molecule has 5 aromatic heterocycles. The van der Waals surface area contributed by atoms with Crippen LogP contribution in [0.2, 0.25) is 13.3 Å². The van der Waals surface area contributed by atoms with Gasteiger partial charge in [-0.3, -0.25) is 0 Å².